The van der Waals surface area contributed by atoms with Gasteiger partial charge in [-0.05, 0) is 26.7 Å². The van der Waals surface area contributed by atoms with Gasteiger partial charge in [0.05, 0.1) is 16.8 Å². The summed E-state index contributed by atoms with van der Waals surface area (Å²) >= 11 is 6.09. The molecule has 2 heterocycles. The minimum atomic E-state index is -0.295. The van der Waals surface area contributed by atoms with Crippen LogP contribution in [-0.4, -0.2) is 25.5 Å². The Morgan fingerprint density at radius 2 is 2.14 bits per heavy atom. The van der Waals surface area contributed by atoms with Gasteiger partial charge in [-0.3, -0.25) is 9.48 Å². The Kier molecular flexibility index (Phi) is 4.20. The van der Waals surface area contributed by atoms with E-state index < -0.39 is 0 Å². The first-order chi connectivity index (χ1) is 10.6. The highest BCUT2D eigenvalue weighted by atomic mass is 35.5. The predicted molar refractivity (Wildman–Crippen MR) is 85.3 cm³/mol. The Morgan fingerprint density at radius 3 is 2.77 bits per heavy atom. The third-order valence-electron chi connectivity index (χ3n) is 4.03. The van der Waals surface area contributed by atoms with Crippen LogP contribution in [0.15, 0.2) is 12.3 Å². The number of nitrogens with one attached hydrogen (secondary N) is 1. The van der Waals surface area contributed by atoms with Gasteiger partial charge < -0.3 is 5.32 Å². The van der Waals surface area contributed by atoms with E-state index in [1.165, 1.54) is 12.8 Å². The number of aromatic nitrogens is 4. The molecule has 0 atom stereocenters. The molecule has 7 heteroatoms. The van der Waals surface area contributed by atoms with Crippen molar-refractivity contribution in [3.8, 4) is 0 Å². The van der Waals surface area contributed by atoms with Crippen LogP contribution in [0.5, 0.6) is 0 Å². The molecule has 1 saturated carbocycles. The van der Waals surface area contributed by atoms with Crippen LogP contribution in [0.4, 0.5) is 5.82 Å². The van der Waals surface area contributed by atoms with Crippen LogP contribution in [0.2, 0.25) is 5.02 Å². The van der Waals surface area contributed by atoms with Gasteiger partial charge in [0, 0.05) is 18.8 Å². The topological polar surface area (TPSA) is 64.7 Å². The summed E-state index contributed by atoms with van der Waals surface area (Å²) in [4.78, 5) is 12.4. The van der Waals surface area contributed by atoms with Crippen molar-refractivity contribution in [3.63, 3.8) is 0 Å². The highest BCUT2D eigenvalue weighted by molar-refractivity contribution is 6.34. The zero-order valence-electron chi connectivity index (χ0n) is 12.8. The van der Waals surface area contributed by atoms with Gasteiger partial charge in [-0.1, -0.05) is 24.4 Å². The highest BCUT2D eigenvalue weighted by Gasteiger charge is 2.23. The quantitative estimate of drug-likeness (QED) is 0.938. The van der Waals surface area contributed by atoms with Gasteiger partial charge in [0.25, 0.3) is 5.91 Å². The van der Waals surface area contributed by atoms with Gasteiger partial charge in [-0.25, -0.2) is 4.68 Å². The van der Waals surface area contributed by atoms with E-state index in [-0.39, 0.29) is 11.6 Å². The average molecular weight is 322 g/mol. The third kappa shape index (κ3) is 2.88. The lowest BCUT2D eigenvalue weighted by molar-refractivity contribution is 0.102. The molecule has 1 N–H and O–H groups in total. The zero-order chi connectivity index (χ0) is 15.7. The van der Waals surface area contributed by atoms with Crippen LogP contribution < -0.4 is 5.32 Å². The lowest BCUT2D eigenvalue weighted by Crippen LogP contribution is -2.18. The smallest absolute Gasteiger partial charge is 0.278 e. The van der Waals surface area contributed by atoms with Crippen molar-refractivity contribution in [1.29, 1.82) is 0 Å². The molecule has 0 spiro atoms. The van der Waals surface area contributed by atoms with E-state index in [9.17, 15) is 4.79 Å². The average Bonchev–Trinajstić information content (AvgIpc) is 3.18. The molecular weight excluding hydrogens is 302 g/mol. The van der Waals surface area contributed by atoms with Crippen molar-refractivity contribution in [2.45, 2.75) is 52.1 Å². The van der Waals surface area contributed by atoms with E-state index in [1.54, 1.807) is 10.9 Å². The Morgan fingerprint density at radius 1 is 1.41 bits per heavy atom. The summed E-state index contributed by atoms with van der Waals surface area (Å²) in [6, 6.07) is 2.26. The fraction of sp³-hybridized carbons (Fsp3) is 0.533. The molecule has 118 valence electrons. The van der Waals surface area contributed by atoms with Gasteiger partial charge in [0.1, 0.15) is 5.82 Å². The Balaban J connectivity index is 1.83. The molecule has 22 heavy (non-hydrogen) atoms. The molecule has 0 radical (unpaired) electrons. The van der Waals surface area contributed by atoms with Crippen molar-refractivity contribution in [3.05, 3.63) is 28.7 Å². The Hall–Kier alpha value is -1.82. The molecule has 2 aromatic rings. The molecule has 1 amide bonds. The first kappa shape index (κ1) is 15.1. The second-order valence-corrected chi connectivity index (χ2v) is 6.10. The summed E-state index contributed by atoms with van der Waals surface area (Å²) in [5, 5.41) is 12.0. The summed E-state index contributed by atoms with van der Waals surface area (Å²) in [6.45, 7) is 4.55. The van der Waals surface area contributed by atoms with E-state index >= 15 is 0 Å². The molecule has 0 saturated heterocycles. The van der Waals surface area contributed by atoms with Crippen molar-refractivity contribution >= 4 is 23.3 Å². The normalized spacial score (nSPS) is 15.4. The number of aryl methyl sites for hydroxylation is 2. The predicted octanol–water partition coefficient (Wildman–Crippen LogP) is 3.43. The van der Waals surface area contributed by atoms with Crippen LogP contribution >= 0.6 is 11.6 Å². The SMILES string of the molecule is CCn1cc(Cl)c(C(=O)Nc2cc(C)nn2C2CCCC2)n1. The molecule has 2 aromatic heterocycles. The number of nitrogens with zero attached hydrogens (tertiary/aromatic N) is 4. The number of rotatable bonds is 4. The molecular formula is C15H20ClN5O. The molecule has 3 rings (SSSR count). The number of carbonyl (C=O) groups is 1. The Labute approximate surface area is 134 Å². The molecule has 1 aliphatic rings. The van der Waals surface area contributed by atoms with Crippen molar-refractivity contribution in [2.75, 3.05) is 5.32 Å². The standard InChI is InChI=1S/C15H20ClN5O/c1-3-20-9-12(16)14(19-20)15(22)17-13-8-10(2)18-21(13)11-6-4-5-7-11/h8-9,11H,3-7H2,1-2H3,(H,17,22). The first-order valence-electron chi connectivity index (χ1n) is 7.69. The van der Waals surface area contributed by atoms with Crippen LogP contribution in [0.1, 0.15) is 54.8 Å². The number of hydrogen-bond donors (Lipinski definition) is 1. The van der Waals surface area contributed by atoms with Crippen molar-refractivity contribution in [2.24, 2.45) is 0 Å². The highest BCUT2D eigenvalue weighted by Crippen LogP contribution is 2.32. The molecule has 0 unspecified atom stereocenters. The first-order valence-corrected chi connectivity index (χ1v) is 8.06. The minimum Gasteiger partial charge on any atom is -0.305 e. The lowest BCUT2D eigenvalue weighted by Gasteiger charge is -2.14. The largest absolute Gasteiger partial charge is 0.305 e. The van der Waals surface area contributed by atoms with E-state index in [2.05, 4.69) is 15.5 Å². The van der Waals surface area contributed by atoms with E-state index in [1.807, 2.05) is 24.6 Å². The molecule has 0 aliphatic heterocycles. The minimum absolute atomic E-state index is 0.250. The molecule has 6 nitrogen and oxygen atoms in total. The summed E-state index contributed by atoms with van der Waals surface area (Å²) in [5.74, 6) is 0.424. The van der Waals surface area contributed by atoms with Gasteiger partial charge in [0.15, 0.2) is 5.69 Å². The maximum absolute atomic E-state index is 12.4. The number of carbonyl (C=O) groups excluding carboxylic acids is 1. The van der Waals surface area contributed by atoms with Gasteiger partial charge >= 0.3 is 0 Å². The van der Waals surface area contributed by atoms with Crippen molar-refractivity contribution in [1.82, 2.24) is 19.6 Å². The van der Waals surface area contributed by atoms with Gasteiger partial charge in [-0.2, -0.15) is 10.2 Å². The maximum Gasteiger partial charge on any atom is 0.278 e. The molecule has 0 aromatic carbocycles. The molecule has 1 aliphatic carbocycles. The van der Waals surface area contributed by atoms with Crippen LogP contribution in [-0.2, 0) is 6.54 Å². The summed E-state index contributed by atoms with van der Waals surface area (Å²) < 4.78 is 3.59. The summed E-state index contributed by atoms with van der Waals surface area (Å²) in [7, 11) is 0. The molecule has 0 bridgehead atoms. The van der Waals surface area contributed by atoms with E-state index in [0.29, 0.717) is 17.6 Å². The monoisotopic (exact) mass is 321 g/mol. The number of hydrogen-bond acceptors (Lipinski definition) is 3. The van der Waals surface area contributed by atoms with Crippen LogP contribution in [0, 0.1) is 6.92 Å². The summed E-state index contributed by atoms with van der Waals surface area (Å²) in [6.07, 6.45) is 6.30. The number of halogens is 1. The second-order valence-electron chi connectivity index (χ2n) is 5.69. The fourth-order valence-electron chi connectivity index (χ4n) is 2.93. The van der Waals surface area contributed by atoms with E-state index in [4.69, 9.17) is 11.6 Å². The van der Waals surface area contributed by atoms with E-state index in [0.717, 1.165) is 24.4 Å². The van der Waals surface area contributed by atoms with Gasteiger partial charge in [-0.15, -0.1) is 0 Å². The Bertz CT molecular complexity index is 684. The molecule has 1 fully saturated rings. The van der Waals surface area contributed by atoms with Crippen LogP contribution in [0.3, 0.4) is 0 Å². The second kappa shape index (κ2) is 6.12. The van der Waals surface area contributed by atoms with Gasteiger partial charge in [0.2, 0.25) is 0 Å². The zero-order valence-corrected chi connectivity index (χ0v) is 13.6. The third-order valence-corrected chi connectivity index (χ3v) is 4.30. The maximum atomic E-state index is 12.4. The summed E-state index contributed by atoms with van der Waals surface area (Å²) in [5.41, 5.74) is 1.15. The number of amides is 1. The van der Waals surface area contributed by atoms with Crippen molar-refractivity contribution < 1.29 is 4.79 Å². The number of anilines is 1. The fourth-order valence-corrected chi connectivity index (χ4v) is 3.16. The van der Waals surface area contributed by atoms with Crippen LogP contribution in [0.25, 0.3) is 0 Å². The lowest BCUT2D eigenvalue weighted by atomic mass is 10.2.